The highest BCUT2D eigenvalue weighted by molar-refractivity contribution is 6.00. The lowest BCUT2D eigenvalue weighted by Crippen LogP contribution is -2.31. The van der Waals surface area contributed by atoms with Gasteiger partial charge in [0, 0.05) is 18.6 Å². The van der Waals surface area contributed by atoms with E-state index in [-0.39, 0.29) is 18.7 Å². The van der Waals surface area contributed by atoms with E-state index >= 15 is 0 Å². The molecule has 3 rings (SSSR count). The SMILES string of the molecule is O=C1OC(Cc2ccc([N+](=O)[O-])cc2)C(=O)N1Cc1ccccc1. The summed E-state index contributed by atoms with van der Waals surface area (Å²) in [5.74, 6) is -0.401. The van der Waals surface area contributed by atoms with Crippen molar-refractivity contribution in [2.24, 2.45) is 0 Å². The first-order chi connectivity index (χ1) is 11.5. The molecule has 1 fully saturated rings. The minimum absolute atomic E-state index is 0.0285. The Hall–Kier alpha value is -3.22. The normalized spacial score (nSPS) is 17.0. The van der Waals surface area contributed by atoms with Crippen LogP contribution < -0.4 is 0 Å². The molecule has 1 unspecified atom stereocenters. The van der Waals surface area contributed by atoms with Crippen molar-refractivity contribution in [2.45, 2.75) is 19.1 Å². The van der Waals surface area contributed by atoms with Gasteiger partial charge in [0.2, 0.25) is 0 Å². The molecule has 7 heteroatoms. The highest BCUT2D eigenvalue weighted by Crippen LogP contribution is 2.21. The van der Waals surface area contributed by atoms with Crippen LogP contribution >= 0.6 is 0 Å². The number of cyclic esters (lactones) is 1. The van der Waals surface area contributed by atoms with Crippen molar-refractivity contribution in [3.05, 3.63) is 75.8 Å². The number of amides is 2. The summed E-state index contributed by atoms with van der Waals surface area (Å²) in [4.78, 5) is 35.5. The number of benzene rings is 2. The maximum Gasteiger partial charge on any atom is 0.417 e. The van der Waals surface area contributed by atoms with Gasteiger partial charge in [-0.05, 0) is 11.1 Å². The molecule has 0 saturated carbocycles. The molecule has 2 amide bonds. The van der Waals surface area contributed by atoms with Crippen LogP contribution in [0.1, 0.15) is 11.1 Å². The van der Waals surface area contributed by atoms with E-state index in [9.17, 15) is 19.7 Å². The summed E-state index contributed by atoms with van der Waals surface area (Å²) in [6, 6.07) is 15.0. The third-order valence-corrected chi connectivity index (χ3v) is 3.76. The van der Waals surface area contributed by atoms with E-state index in [0.717, 1.165) is 10.5 Å². The number of nitrogens with zero attached hydrogens (tertiary/aromatic N) is 2. The molecule has 7 nitrogen and oxygen atoms in total. The van der Waals surface area contributed by atoms with E-state index in [4.69, 9.17) is 4.74 Å². The molecule has 0 spiro atoms. The predicted octanol–water partition coefficient (Wildman–Crippen LogP) is 2.68. The lowest BCUT2D eigenvalue weighted by Gasteiger charge is -2.11. The second kappa shape index (κ2) is 6.49. The number of imide groups is 1. The molecule has 2 aromatic carbocycles. The maximum absolute atomic E-state index is 12.4. The van der Waals surface area contributed by atoms with Gasteiger partial charge >= 0.3 is 6.09 Å². The Labute approximate surface area is 137 Å². The second-order valence-corrected chi connectivity index (χ2v) is 5.41. The molecule has 1 heterocycles. The van der Waals surface area contributed by atoms with Crippen LogP contribution in [0.3, 0.4) is 0 Å². The predicted molar refractivity (Wildman–Crippen MR) is 84.1 cm³/mol. The van der Waals surface area contributed by atoms with Crippen molar-refractivity contribution in [1.29, 1.82) is 0 Å². The highest BCUT2D eigenvalue weighted by Gasteiger charge is 2.40. The minimum Gasteiger partial charge on any atom is -0.435 e. The fraction of sp³-hybridized carbons (Fsp3) is 0.176. The molecule has 0 bridgehead atoms. The number of ether oxygens (including phenoxy) is 1. The van der Waals surface area contributed by atoms with E-state index in [0.29, 0.717) is 5.56 Å². The molecule has 0 aliphatic carbocycles. The van der Waals surface area contributed by atoms with Gasteiger partial charge in [-0.15, -0.1) is 0 Å². The Morgan fingerprint density at radius 3 is 2.29 bits per heavy atom. The Bertz CT molecular complexity index is 773. The largest absolute Gasteiger partial charge is 0.435 e. The van der Waals surface area contributed by atoms with Crippen molar-refractivity contribution in [3.63, 3.8) is 0 Å². The van der Waals surface area contributed by atoms with Gasteiger partial charge in [-0.1, -0.05) is 42.5 Å². The number of carbonyl (C=O) groups excluding carboxylic acids is 2. The van der Waals surface area contributed by atoms with Gasteiger partial charge in [-0.3, -0.25) is 14.9 Å². The monoisotopic (exact) mass is 326 g/mol. The average Bonchev–Trinajstić information content (AvgIpc) is 2.84. The summed E-state index contributed by atoms with van der Waals surface area (Å²) in [6.07, 6.45) is -1.38. The summed E-state index contributed by atoms with van der Waals surface area (Å²) >= 11 is 0. The molecule has 1 atom stereocenters. The lowest BCUT2D eigenvalue weighted by atomic mass is 10.1. The number of non-ortho nitro benzene ring substituents is 1. The molecule has 0 radical (unpaired) electrons. The molecular formula is C17H14N2O5. The molecule has 1 saturated heterocycles. The van der Waals surface area contributed by atoms with Gasteiger partial charge in [0.1, 0.15) is 0 Å². The first-order valence-corrected chi connectivity index (χ1v) is 7.34. The molecule has 0 aromatic heterocycles. The molecule has 0 N–H and O–H groups in total. The fourth-order valence-corrected chi connectivity index (χ4v) is 2.50. The number of hydrogen-bond acceptors (Lipinski definition) is 5. The summed E-state index contributed by atoms with van der Waals surface area (Å²) in [5, 5.41) is 10.6. The summed E-state index contributed by atoms with van der Waals surface area (Å²) in [6.45, 7) is 0.162. The second-order valence-electron chi connectivity index (χ2n) is 5.41. The lowest BCUT2D eigenvalue weighted by molar-refractivity contribution is -0.384. The van der Waals surface area contributed by atoms with Crippen molar-refractivity contribution in [3.8, 4) is 0 Å². The zero-order valence-electron chi connectivity index (χ0n) is 12.6. The van der Waals surface area contributed by atoms with E-state index in [1.54, 1.807) is 12.1 Å². The Morgan fingerprint density at radius 2 is 1.67 bits per heavy atom. The van der Waals surface area contributed by atoms with Gasteiger partial charge < -0.3 is 4.74 Å². The number of hydrogen-bond donors (Lipinski definition) is 0. The highest BCUT2D eigenvalue weighted by atomic mass is 16.6. The maximum atomic E-state index is 12.4. The van der Waals surface area contributed by atoms with Crippen LogP contribution in [0.25, 0.3) is 0 Å². The Balaban J connectivity index is 1.68. The molecule has 1 aliphatic heterocycles. The van der Waals surface area contributed by atoms with Gasteiger partial charge in [0.15, 0.2) is 6.10 Å². The summed E-state index contributed by atoms with van der Waals surface area (Å²) < 4.78 is 5.14. The van der Waals surface area contributed by atoms with Crippen LogP contribution in [0.5, 0.6) is 0 Å². The fourth-order valence-electron chi connectivity index (χ4n) is 2.50. The topological polar surface area (TPSA) is 89.7 Å². The van der Waals surface area contributed by atoms with Crippen LogP contribution in [-0.2, 0) is 22.5 Å². The summed E-state index contributed by atoms with van der Waals surface area (Å²) in [7, 11) is 0. The van der Waals surface area contributed by atoms with Crippen LogP contribution in [-0.4, -0.2) is 27.9 Å². The van der Waals surface area contributed by atoms with Crippen molar-refractivity contribution < 1.29 is 19.2 Å². The van der Waals surface area contributed by atoms with E-state index in [1.165, 1.54) is 12.1 Å². The standard InChI is InChI=1S/C17H14N2O5/c20-16-15(10-12-6-8-14(9-7-12)19(22)23)24-17(21)18(16)11-13-4-2-1-3-5-13/h1-9,15H,10-11H2. The molecule has 1 aliphatic rings. The van der Waals surface area contributed by atoms with Gasteiger partial charge in [0.05, 0.1) is 11.5 Å². The van der Waals surface area contributed by atoms with Gasteiger partial charge in [0.25, 0.3) is 11.6 Å². The van der Waals surface area contributed by atoms with Crippen molar-refractivity contribution >= 4 is 17.7 Å². The third kappa shape index (κ3) is 3.24. The smallest absolute Gasteiger partial charge is 0.417 e. The van der Waals surface area contributed by atoms with E-state index in [2.05, 4.69) is 0 Å². The van der Waals surface area contributed by atoms with Crippen LogP contribution in [0.15, 0.2) is 54.6 Å². The van der Waals surface area contributed by atoms with E-state index in [1.807, 2.05) is 30.3 Å². The van der Waals surface area contributed by atoms with Crippen LogP contribution in [0, 0.1) is 10.1 Å². The molecular weight excluding hydrogens is 312 g/mol. The zero-order chi connectivity index (χ0) is 17.1. The van der Waals surface area contributed by atoms with E-state index < -0.39 is 23.0 Å². The van der Waals surface area contributed by atoms with Crippen molar-refractivity contribution in [1.82, 2.24) is 4.90 Å². The van der Waals surface area contributed by atoms with Crippen LogP contribution in [0.4, 0.5) is 10.5 Å². The number of nitro benzene ring substituents is 1. The molecule has 24 heavy (non-hydrogen) atoms. The zero-order valence-corrected chi connectivity index (χ0v) is 12.6. The first-order valence-electron chi connectivity index (χ1n) is 7.34. The quantitative estimate of drug-likeness (QED) is 0.622. The van der Waals surface area contributed by atoms with Gasteiger partial charge in [-0.25, -0.2) is 9.69 Å². The Kier molecular flexibility index (Phi) is 4.24. The number of rotatable bonds is 5. The summed E-state index contributed by atoms with van der Waals surface area (Å²) in [5.41, 5.74) is 1.49. The van der Waals surface area contributed by atoms with Crippen LogP contribution in [0.2, 0.25) is 0 Å². The van der Waals surface area contributed by atoms with Crippen molar-refractivity contribution in [2.75, 3.05) is 0 Å². The molecule has 2 aromatic rings. The number of nitro groups is 1. The first kappa shape index (κ1) is 15.7. The number of carbonyl (C=O) groups is 2. The van der Waals surface area contributed by atoms with Gasteiger partial charge in [-0.2, -0.15) is 0 Å². The minimum atomic E-state index is -0.900. The molecule has 122 valence electrons. The third-order valence-electron chi connectivity index (χ3n) is 3.76. The Morgan fingerprint density at radius 1 is 1.00 bits per heavy atom. The average molecular weight is 326 g/mol.